The topological polar surface area (TPSA) is 72.2 Å². The van der Waals surface area contributed by atoms with Crippen molar-refractivity contribution in [2.75, 3.05) is 5.32 Å². The predicted octanol–water partition coefficient (Wildman–Crippen LogP) is 4.98. The number of non-ortho nitro benzene ring substituents is 1. The van der Waals surface area contributed by atoms with Crippen LogP contribution in [0, 0.1) is 24.0 Å². The minimum absolute atomic E-state index is 0.115. The minimum Gasteiger partial charge on any atom is -0.324 e. The first-order valence-electron chi connectivity index (χ1n) is 7.26. The molecule has 0 aliphatic carbocycles. The lowest BCUT2D eigenvalue weighted by molar-refractivity contribution is -0.384. The highest BCUT2D eigenvalue weighted by Crippen LogP contribution is 2.29. The van der Waals surface area contributed by atoms with Crippen molar-refractivity contribution < 1.29 is 9.72 Å². The van der Waals surface area contributed by atoms with Crippen molar-refractivity contribution in [1.29, 1.82) is 0 Å². The molecular formula is C17H17ClN2O3S. The summed E-state index contributed by atoms with van der Waals surface area (Å²) >= 11 is 7.44. The van der Waals surface area contributed by atoms with Crippen LogP contribution in [0.4, 0.5) is 11.4 Å². The number of carbonyl (C=O) groups excluding carboxylic acids is 1. The van der Waals surface area contributed by atoms with Crippen LogP contribution in [0.25, 0.3) is 0 Å². The molecule has 1 N–H and O–H groups in total. The molecule has 2 aromatic carbocycles. The standard InChI is InChI=1S/C17H17ClN2O3S/c1-10-4-6-14(8-11(10)2)24-12(3)17(21)19-16-7-5-13(20(22)23)9-15(16)18/h4-9,12H,1-3H3,(H,19,21). The van der Waals surface area contributed by atoms with Gasteiger partial charge in [-0.2, -0.15) is 0 Å². The highest BCUT2D eigenvalue weighted by molar-refractivity contribution is 8.00. The smallest absolute Gasteiger partial charge is 0.271 e. The number of thioether (sulfide) groups is 1. The third kappa shape index (κ3) is 4.49. The largest absolute Gasteiger partial charge is 0.324 e. The summed E-state index contributed by atoms with van der Waals surface area (Å²) < 4.78 is 0. The molecule has 0 aliphatic heterocycles. The molecule has 2 rings (SSSR count). The zero-order chi connectivity index (χ0) is 17.9. The van der Waals surface area contributed by atoms with Gasteiger partial charge in [0.2, 0.25) is 5.91 Å². The Balaban J connectivity index is 2.06. The van der Waals surface area contributed by atoms with Crippen LogP contribution in [0.1, 0.15) is 18.1 Å². The van der Waals surface area contributed by atoms with E-state index in [1.807, 2.05) is 32.0 Å². The van der Waals surface area contributed by atoms with E-state index in [2.05, 4.69) is 5.32 Å². The van der Waals surface area contributed by atoms with Crippen molar-refractivity contribution in [1.82, 2.24) is 0 Å². The molecule has 126 valence electrons. The summed E-state index contributed by atoms with van der Waals surface area (Å²) in [6.45, 7) is 5.87. The highest BCUT2D eigenvalue weighted by Gasteiger charge is 2.17. The molecule has 0 spiro atoms. The normalized spacial score (nSPS) is 11.8. The van der Waals surface area contributed by atoms with Gasteiger partial charge in [0.05, 0.1) is 20.9 Å². The van der Waals surface area contributed by atoms with Gasteiger partial charge in [-0.1, -0.05) is 17.7 Å². The number of nitrogens with zero attached hydrogens (tertiary/aromatic N) is 1. The van der Waals surface area contributed by atoms with Crippen LogP contribution < -0.4 is 5.32 Å². The van der Waals surface area contributed by atoms with E-state index >= 15 is 0 Å². The molecule has 7 heteroatoms. The van der Waals surface area contributed by atoms with Gasteiger partial charge >= 0.3 is 0 Å². The van der Waals surface area contributed by atoms with E-state index < -0.39 is 4.92 Å². The number of rotatable bonds is 5. The first-order chi connectivity index (χ1) is 11.3. The Bertz CT molecular complexity index is 795. The number of amides is 1. The highest BCUT2D eigenvalue weighted by atomic mass is 35.5. The van der Waals surface area contributed by atoms with Gasteiger partial charge in [0.25, 0.3) is 5.69 Å². The zero-order valence-electron chi connectivity index (χ0n) is 13.5. The van der Waals surface area contributed by atoms with Gasteiger partial charge in [-0.15, -0.1) is 11.8 Å². The maximum Gasteiger partial charge on any atom is 0.271 e. The third-order valence-electron chi connectivity index (χ3n) is 3.58. The molecule has 5 nitrogen and oxygen atoms in total. The Morgan fingerprint density at radius 3 is 2.50 bits per heavy atom. The molecule has 0 fully saturated rings. The van der Waals surface area contributed by atoms with Crippen LogP contribution in [-0.4, -0.2) is 16.1 Å². The molecular weight excluding hydrogens is 348 g/mol. The fourth-order valence-corrected chi connectivity index (χ4v) is 3.19. The van der Waals surface area contributed by atoms with E-state index in [4.69, 9.17) is 11.6 Å². The van der Waals surface area contributed by atoms with E-state index in [0.717, 1.165) is 4.90 Å². The lowest BCUT2D eigenvalue weighted by atomic mass is 10.1. The van der Waals surface area contributed by atoms with Gasteiger partial charge in [0, 0.05) is 17.0 Å². The average molecular weight is 365 g/mol. The van der Waals surface area contributed by atoms with Gasteiger partial charge in [-0.25, -0.2) is 0 Å². The Morgan fingerprint density at radius 1 is 1.21 bits per heavy atom. The van der Waals surface area contributed by atoms with Crippen molar-refractivity contribution >= 4 is 40.6 Å². The molecule has 0 aromatic heterocycles. The SMILES string of the molecule is Cc1ccc(SC(C)C(=O)Nc2ccc([N+](=O)[O-])cc2Cl)cc1C. The van der Waals surface area contributed by atoms with Gasteiger partial charge in [-0.3, -0.25) is 14.9 Å². The van der Waals surface area contributed by atoms with Crippen molar-refractivity contribution in [3.8, 4) is 0 Å². The van der Waals surface area contributed by atoms with Gasteiger partial charge in [0.1, 0.15) is 0 Å². The summed E-state index contributed by atoms with van der Waals surface area (Å²) in [6, 6.07) is 10.0. The van der Waals surface area contributed by atoms with E-state index in [0.29, 0.717) is 5.69 Å². The number of benzene rings is 2. The molecule has 2 aromatic rings. The fraction of sp³-hybridized carbons (Fsp3) is 0.235. The predicted molar refractivity (Wildman–Crippen MR) is 98.0 cm³/mol. The number of anilines is 1. The maximum absolute atomic E-state index is 12.3. The number of nitro benzene ring substituents is 1. The van der Waals surface area contributed by atoms with E-state index in [1.54, 1.807) is 6.92 Å². The summed E-state index contributed by atoms with van der Waals surface area (Å²) in [5.74, 6) is -0.214. The quantitative estimate of drug-likeness (QED) is 0.461. The second-order valence-electron chi connectivity index (χ2n) is 5.42. The van der Waals surface area contributed by atoms with Crippen molar-refractivity contribution in [2.24, 2.45) is 0 Å². The van der Waals surface area contributed by atoms with Crippen molar-refractivity contribution in [3.63, 3.8) is 0 Å². The monoisotopic (exact) mass is 364 g/mol. The Morgan fingerprint density at radius 2 is 1.92 bits per heavy atom. The average Bonchev–Trinajstić information content (AvgIpc) is 2.52. The molecule has 24 heavy (non-hydrogen) atoms. The molecule has 1 unspecified atom stereocenters. The lowest BCUT2D eigenvalue weighted by Crippen LogP contribution is -2.22. The second kappa shape index (κ2) is 7.68. The molecule has 0 radical (unpaired) electrons. The lowest BCUT2D eigenvalue weighted by Gasteiger charge is -2.13. The number of aryl methyl sites for hydroxylation is 2. The Kier molecular flexibility index (Phi) is 5.85. The first-order valence-corrected chi connectivity index (χ1v) is 8.52. The summed E-state index contributed by atoms with van der Waals surface area (Å²) in [7, 11) is 0. The van der Waals surface area contributed by atoms with Crippen LogP contribution >= 0.6 is 23.4 Å². The minimum atomic E-state index is -0.532. The fourth-order valence-electron chi connectivity index (χ4n) is 2.00. The first kappa shape index (κ1) is 18.3. The van der Waals surface area contributed by atoms with Gasteiger partial charge in [0.15, 0.2) is 0 Å². The zero-order valence-corrected chi connectivity index (χ0v) is 15.1. The molecule has 0 bridgehead atoms. The van der Waals surface area contributed by atoms with Gasteiger partial charge in [-0.05, 0) is 50.1 Å². The number of nitro groups is 1. The summed E-state index contributed by atoms with van der Waals surface area (Å²) in [5, 5.41) is 13.2. The molecule has 0 saturated heterocycles. The molecule has 0 aliphatic rings. The molecule has 0 saturated carbocycles. The van der Waals surface area contributed by atoms with Crippen LogP contribution in [-0.2, 0) is 4.79 Å². The summed E-state index contributed by atoms with van der Waals surface area (Å²) in [6.07, 6.45) is 0. The third-order valence-corrected chi connectivity index (χ3v) is 4.99. The van der Waals surface area contributed by atoms with E-state index in [1.165, 1.54) is 41.1 Å². The van der Waals surface area contributed by atoms with Crippen molar-refractivity contribution in [3.05, 3.63) is 62.7 Å². The second-order valence-corrected chi connectivity index (χ2v) is 7.24. The molecule has 1 amide bonds. The van der Waals surface area contributed by atoms with E-state index in [9.17, 15) is 14.9 Å². The maximum atomic E-state index is 12.3. The van der Waals surface area contributed by atoms with Crippen LogP contribution in [0.3, 0.4) is 0 Å². The summed E-state index contributed by atoms with van der Waals surface area (Å²) in [4.78, 5) is 23.5. The van der Waals surface area contributed by atoms with E-state index in [-0.39, 0.29) is 21.9 Å². The number of hydrogen-bond donors (Lipinski definition) is 1. The van der Waals surface area contributed by atoms with Crippen molar-refractivity contribution in [2.45, 2.75) is 30.9 Å². The number of nitrogens with one attached hydrogen (secondary N) is 1. The Labute approximate surface area is 149 Å². The summed E-state index contributed by atoms with van der Waals surface area (Å²) in [5.41, 5.74) is 2.62. The van der Waals surface area contributed by atoms with Crippen LogP contribution in [0.5, 0.6) is 0 Å². The number of carbonyl (C=O) groups is 1. The van der Waals surface area contributed by atoms with Gasteiger partial charge < -0.3 is 5.32 Å². The molecule has 0 heterocycles. The number of halogens is 1. The van der Waals surface area contributed by atoms with Crippen LogP contribution in [0.2, 0.25) is 5.02 Å². The number of hydrogen-bond acceptors (Lipinski definition) is 4. The Hall–Kier alpha value is -2.05. The molecule has 1 atom stereocenters. The van der Waals surface area contributed by atoms with Crippen LogP contribution in [0.15, 0.2) is 41.3 Å².